The van der Waals surface area contributed by atoms with Gasteiger partial charge in [0.15, 0.2) is 0 Å². The molecule has 1 aliphatic heterocycles. The van der Waals surface area contributed by atoms with Crippen LogP contribution in [0.3, 0.4) is 0 Å². The molecule has 1 amide bonds. The highest BCUT2D eigenvalue weighted by Gasteiger charge is 2.44. The fourth-order valence-corrected chi connectivity index (χ4v) is 4.23. The standard InChI is InChI=1S/C22H27N5O2/c1-26(2)12-9-24-20(28)15-3-4-18-16(13-15)19(17(14-23)21(29)25-18)27-10-7-22(5-6-22)8-11-27/h3-4,13H,5-12H2,1-2H3,(H,24,28)(H,25,29). The van der Waals surface area contributed by atoms with E-state index in [4.69, 9.17) is 0 Å². The number of fused-ring (bicyclic) bond motifs is 1. The predicted molar refractivity (Wildman–Crippen MR) is 113 cm³/mol. The van der Waals surface area contributed by atoms with Gasteiger partial charge in [0.05, 0.1) is 11.2 Å². The molecule has 1 aromatic carbocycles. The zero-order chi connectivity index (χ0) is 20.6. The molecule has 2 aliphatic rings. The molecule has 2 heterocycles. The van der Waals surface area contributed by atoms with Crippen molar-refractivity contribution in [3.05, 3.63) is 39.7 Å². The number of amides is 1. The van der Waals surface area contributed by atoms with Crippen LogP contribution in [0.5, 0.6) is 0 Å². The summed E-state index contributed by atoms with van der Waals surface area (Å²) in [5.41, 5.74) is 2.12. The van der Waals surface area contributed by atoms with Crippen LogP contribution < -0.4 is 15.8 Å². The van der Waals surface area contributed by atoms with Gasteiger partial charge in [-0.3, -0.25) is 9.59 Å². The fraction of sp³-hybridized carbons (Fsp3) is 0.500. The Morgan fingerprint density at radius 2 is 2.00 bits per heavy atom. The van der Waals surface area contributed by atoms with Crippen LogP contribution in [0.4, 0.5) is 5.69 Å². The number of carbonyl (C=O) groups excluding carboxylic acids is 1. The Kier molecular flexibility index (Phi) is 5.05. The number of nitriles is 1. The quantitative estimate of drug-likeness (QED) is 0.811. The Balaban J connectivity index is 1.70. The SMILES string of the molecule is CN(C)CCNC(=O)c1ccc2[nH]c(=O)c(C#N)c(N3CCC4(CC3)CC4)c2c1. The molecule has 152 valence electrons. The van der Waals surface area contributed by atoms with Gasteiger partial charge in [-0.05, 0) is 63.4 Å². The van der Waals surface area contributed by atoms with Crippen molar-refractivity contribution in [1.82, 2.24) is 15.2 Å². The summed E-state index contributed by atoms with van der Waals surface area (Å²) in [4.78, 5) is 32.1. The van der Waals surface area contributed by atoms with Crippen LogP contribution >= 0.6 is 0 Å². The number of hydrogen-bond acceptors (Lipinski definition) is 5. The number of hydrogen-bond donors (Lipinski definition) is 2. The average molecular weight is 393 g/mol. The van der Waals surface area contributed by atoms with Crippen molar-refractivity contribution in [2.45, 2.75) is 25.7 Å². The molecule has 1 saturated carbocycles. The number of likely N-dealkylation sites (N-methyl/N-ethyl adjacent to an activating group) is 1. The van der Waals surface area contributed by atoms with Crippen molar-refractivity contribution in [3.63, 3.8) is 0 Å². The number of aromatic amines is 1. The second-order valence-electron chi connectivity index (χ2n) is 8.60. The monoisotopic (exact) mass is 393 g/mol. The number of H-pyrrole nitrogens is 1. The minimum atomic E-state index is -0.370. The van der Waals surface area contributed by atoms with Crippen molar-refractivity contribution in [3.8, 4) is 6.07 Å². The first-order valence-corrected chi connectivity index (χ1v) is 10.2. The largest absolute Gasteiger partial charge is 0.370 e. The van der Waals surface area contributed by atoms with Crippen molar-refractivity contribution in [2.24, 2.45) is 5.41 Å². The molecule has 1 spiro atoms. The highest BCUT2D eigenvalue weighted by Crippen LogP contribution is 2.54. The van der Waals surface area contributed by atoms with Gasteiger partial charge >= 0.3 is 0 Å². The summed E-state index contributed by atoms with van der Waals surface area (Å²) in [5, 5.41) is 13.3. The molecule has 29 heavy (non-hydrogen) atoms. The van der Waals surface area contributed by atoms with Gasteiger partial charge < -0.3 is 20.1 Å². The molecule has 2 N–H and O–H groups in total. The lowest BCUT2D eigenvalue weighted by Crippen LogP contribution is -2.36. The molecule has 7 heteroatoms. The lowest BCUT2D eigenvalue weighted by molar-refractivity contribution is 0.0951. The summed E-state index contributed by atoms with van der Waals surface area (Å²) >= 11 is 0. The maximum atomic E-state index is 12.6. The van der Waals surface area contributed by atoms with Crippen LogP contribution in [0, 0.1) is 16.7 Å². The minimum Gasteiger partial charge on any atom is -0.370 e. The van der Waals surface area contributed by atoms with E-state index < -0.39 is 0 Å². The van der Waals surface area contributed by atoms with E-state index in [-0.39, 0.29) is 17.0 Å². The van der Waals surface area contributed by atoms with E-state index in [1.54, 1.807) is 18.2 Å². The Morgan fingerprint density at radius 1 is 1.28 bits per heavy atom. The molecule has 0 atom stereocenters. The molecule has 0 unspecified atom stereocenters. The first kappa shape index (κ1) is 19.5. The van der Waals surface area contributed by atoms with E-state index in [9.17, 15) is 14.9 Å². The molecular formula is C22H27N5O2. The second kappa shape index (κ2) is 7.53. The number of aromatic nitrogens is 1. The molecule has 0 bridgehead atoms. The van der Waals surface area contributed by atoms with E-state index in [1.165, 1.54) is 12.8 Å². The van der Waals surface area contributed by atoms with Gasteiger partial charge in [-0.15, -0.1) is 0 Å². The Morgan fingerprint density at radius 3 is 2.62 bits per heavy atom. The minimum absolute atomic E-state index is 0.134. The van der Waals surface area contributed by atoms with Crippen molar-refractivity contribution < 1.29 is 4.79 Å². The normalized spacial score (nSPS) is 17.5. The predicted octanol–water partition coefficient (Wildman–Crippen LogP) is 2.07. The fourth-order valence-electron chi connectivity index (χ4n) is 4.23. The number of carbonyl (C=O) groups is 1. The summed E-state index contributed by atoms with van der Waals surface area (Å²) in [6.07, 6.45) is 4.77. The van der Waals surface area contributed by atoms with Crippen LogP contribution in [-0.2, 0) is 0 Å². The molecule has 1 aliphatic carbocycles. The third kappa shape index (κ3) is 3.85. The number of nitrogens with zero attached hydrogens (tertiary/aromatic N) is 3. The molecular weight excluding hydrogens is 366 g/mol. The Hall–Kier alpha value is -2.85. The van der Waals surface area contributed by atoms with Gasteiger partial charge in [0, 0.05) is 37.1 Å². The maximum absolute atomic E-state index is 12.6. The zero-order valence-corrected chi connectivity index (χ0v) is 17.0. The average Bonchev–Trinajstić information content (AvgIpc) is 3.46. The van der Waals surface area contributed by atoms with E-state index in [2.05, 4.69) is 21.3 Å². The number of anilines is 1. The first-order valence-electron chi connectivity index (χ1n) is 10.2. The highest BCUT2D eigenvalue weighted by atomic mass is 16.1. The number of nitrogens with one attached hydrogen (secondary N) is 2. The third-order valence-electron chi connectivity index (χ3n) is 6.30. The number of rotatable bonds is 5. The summed E-state index contributed by atoms with van der Waals surface area (Å²) in [7, 11) is 3.91. The molecule has 0 radical (unpaired) electrons. The Labute approximate surface area is 170 Å². The van der Waals surface area contributed by atoms with Gasteiger partial charge in [0.25, 0.3) is 11.5 Å². The molecule has 4 rings (SSSR count). The van der Waals surface area contributed by atoms with E-state index in [0.29, 0.717) is 28.7 Å². The molecule has 2 aromatic rings. The summed E-state index contributed by atoms with van der Waals surface area (Å²) in [6.45, 7) is 2.99. The molecule has 1 aromatic heterocycles. The van der Waals surface area contributed by atoms with Gasteiger partial charge in [0.1, 0.15) is 11.6 Å². The second-order valence-corrected chi connectivity index (χ2v) is 8.60. The Bertz CT molecular complexity index is 1040. The third-order valence-corrected chi connectivity index (χ3v) is 6.30. The number of benzene rings is 1. The van der Waals surface area contributed by atoms with E-state index >= 15 is 0 Å². The van der Waals surface area contributed by atoms with Crippen molar-refractivity contribution >= 4 is 22.5 Å². The van der Waals surface area contributed by atoms with Gasteiger partial charge in [-0.1, -0.05) is 0 Å². The number of piperidine rings is 1. The summed E-state index contributed by atoms with van der Waals surface area (Å²) in [5.74, 6) is -0.153. The van der Waals surface area contributed by atoms with Crippen LogP contribution in [0.25, 0.3) is 10.9 Å². The number of pyridine rings is 1. The summed E-state index contributed by atoms with van der Waals surface area (Å²) in [6, 6.07) is 7.37. The lowest BCUT2D eigenvalue weighted by Gasteiger charge is -2.34. The molecule has 2 fully saturated rings. The van der Waals surface area contributed by atoms with Gasteiger partial charge in [-0.25, -0.2) is 0 Å². The summed E-state index contributed by atoms with van der Waals surface area (Å²) < 4.78 is 0. The van der Waals surface area contributed by atoms with Crippen LogP contribution in [0.2, 0.25) is 0 Å². The van der Waals surface area contributed by atoms with Gasteiger partial charge in [-0.2, -0.15) is 5.26 Å². The highest BCUT2D eigenvalue weighted by molar-refractivity contribution is 6.02. The van der Waals surface area contributed by atoms with Crippen LogP contribution in [0.15, 0.2) is 23.0 Å². The maximum Gasteiger partial charge on any atom is 0.268 e. The first-order chi connectivity index (χ1) is 13.9. The van der Waals surface area contributed by atoms with Gasteiger partial charge in [0.2, 0.25) is 0 Å². The van der Waals surface area contributed by atoms with Crippen LogP contribution in [-0.4, -0.2) is 56.1 Å². The van der Waals surface area contributed by atoms with Crippen molar-refractivity contribution in [2.75, 3.05) is 45.2 Å². The van der Waals surface area contributed by atoms with E-state index in [1.807, 2.05) is 19.0 Å². The zero-order valence-electron chi connectivity index (χ0n) is 17.0. The lowest BCUT2D eigenvalue weighted by atomic mass is 9.92. The topological polar surface area (TPSA) is 92.2 Å². The molecule has 1 saturated heterocycles. The molecule has 7 nitrogen and oxygen atoms in total. The van der Waals surface area contributed by atoms with Crippen molar-refractivity contribution in [1.29, 1.82) is 5.26 Å². The smallest absolute Gasteiger partial charge is 0.268 e. The van der Waals surface area contributed by atoms with Crippen LogP contribution in [0.1, 0.15) is 41.6 Å². The van der Waals surface area contributed by atoms with E-state index in [0.717, 1.165) is 37.9 Å².